The zero-order valence-electron chi connectivity index (χ0n) is 28.6. The number of halogens is 8. The molecule has 0 fully saturated rings. The monoisotopic (exact) mass is 888 g/mol. The van der Waals surface area contributed by atoms with Gasteiger partial charge < -0.3 is 19.9 Å². The van der Waals surface area contributed by atoms with Crippen molar-refractivity contribution in [1.82, 2.24) is 19.9 Å². The van der Waals surface area contributed by atoms with Crippen molar-refractivity contribution >= 4 is 115 Å². The normalized spacial score (nSPS) is 12.9. The summed E-state index contributed by atoms with van der Waals surface area (Å²) in [5, 5.41) is 6.33. The van der Waals surface area contributed by atoms with Crippen LogP contribution in [0.25, 0.3) is 22.3 Å². The fourth-order valence-electron chi connectivity index (χ4n) is 7.28. The average molecular weight is 892 g/mol. The molecule has 0 aliphatic carbocycles. The van der Waals surface area contributed by atoms with Crippen molar-refractivity contribution in [3.8, 4) is 0 Å². The Labute approximate surface area is 360 Å². The van der Waals surface area contributed by atoms with Crippen molar-refractivity contribution in [1.29, 1.82) is 0 Å². The third-order valence-corrected chi connectivity index (χ3v) is 13.1. The van der Waals surface area contributed by atoms with E-state index in [0.29, 0.717) is 62.4 Å². The standard InChI is InChI=1S/C44H24Cl8N4/c45-25-9-1-5-21(41(25)49)37-29-13-15-31(53-29)38(22-6-2-10-26(46)42(22)50)33-17-19-35(55-33)40(24-8-4-12-28(48)44(24)52)36-20-18-34(56-36)39(32-16-14-30(37)54-32)23-7-3-11-27(47)43(23)51/h1-20,53-56H. The third kappa shape index (κ3) is 6.43. The molecule has 276 valence electrons. The lowest BCUT2D eigenvalue weighted by Gasteiger charge is -2.12. The first-order valence-electron chi connectivity index (χ1n) is 17.1. The molecule has 56 heavy (non-hydrogen) atoms. The van der Waals surface area contributed by atoms with Gasteiger partial charge in [-0.2, -0.15) is 0 Å². The van der Waals surface area contributed by atoms with Gasteiger partial charge in [0.05, 0.1) is 40.2 Å². The minimum absolute atomic E-state index is 0.404. The minimum atomic E-state index is 0.404. The summed E-state index contributed by atoms with van der Waals surface area (Å²) in [5.41, 5.74) is 9.01. The number of benzene rings is 4. The Morgan fingerprint density at radius 1 is 0.250 bits per heavy atom. The van der Waals surface area contributed by atoms with E-state index in [2.05, 4.69) is 19.9 Å². The highest BCUT2D eigenvalue weighted by Crippen LogP contribution is 2.38. The Morgan fingerprint density at radius 2 is 0.482 bits per heavy atom. The van der Waals surface area contributed by atoms with Gasteiger partial charge >= 0.3 is 0 Å². The van der Waals surface area contributed by atoms with Crippen LogP contribution in [0.2, 0.25) is 40.2 Å². The molecule has 8 aromatic rings. The van der Waals surface area contributed by atoms with Gasteiger partial charge in [-0.1, -0.05) is 141 Å². The first-order valence-corrected chi connectivity index (χ1v) is 20.2. The number of nitrogens with one attached hydrogen (secondary N) is 4. The summed E-state index contributed by atoms with van der Waals surface area (Å²) in [6, 6.07) is 38.3. The molecule has 0 unspecified atom stereocenters. The van der Waals surface area contributed by atoms with Crippen LogP contribution in [-0.4, -0.2) is 19.9 Å². The van der Waals surface area contributed by atoms with E-state index >= 15 is 0 Å². The average Bonchev–Trinajstić information content (AvgIpc) is 4.03. The smallest absolute Gasteiger partial charge is 0.0672 e. The molecule has 4 nitrogen and oxygen atoms in total. The number of hydrogen-bond donors (Lipinski definition) is 4. The van der Waals surface area contributed by atoms with E-state index in [1.807, 2.05) is 97.1 Å². The van der Waals surface area contributed by atoms with Gasteiger partial charge in [0.2, 0.25) is 0 Å². The van der Waals surface area contributed by atoms with Crippen LogP contribution < -0.4 is 21.4 Å². The second-order valence-electron chi connectivity index (χ2n) is 13.0. The van der Waals surface area contributed by atoms with Crippen LogP contribution in [-0.2, 0) is 0 Å². The highest BCUT2D eigenvalue weighted by atomic mass is 35.5. The van der Waals surface area contributed by atoms with Gasteiger partial charge in [-0.3, -0.25) is 0 Å². The van der Waals surface area contributed by atoms with Crippen LogP contribution in [0.5, 0.6) is 0 Å². The SMILES string of the molecule is Clc1cccc(C2=c3ccc([nH]3)=C(c3cccc(Cl)c3Cl)c3ccc([nH]3)C(c3cccc(Cl)c3Cl)=c3ccc([nH]3)=C(c3cccc(Cl)c3Cl)c3ccc2[nH]3)c1Cl. The fraction of sp³-hybridized carbons (Fsp3) is 0. The molecule has 0 radical (unpaired) electrons. The third-order valence-electron chi connectivity index (χ3n) is 9.78. The van der Waals surface area contributed by atoms with E-state index in [0.717, 1.165) is 66.5 Å². The Bertz CT molecular complexity index is 2730. The van der Waals surface area contributed by atoms with Gasteiger partial charge in [0.25, 0.3) is 0 Å². The summed E-state index contributed by atoms with van der Waals surface area (Å²) < 4.78 is 0. The van der Waals surface area contributed by atoms with Crippen LogP contribution in [0.4, 0.5) is 0 Å². The lowest BCUT2D eigenvalue weighted by atomic mass is 10.0. The molecule has 4 N–H and O–H groups in total. The molecule has 0 atom stereocenters. The van der Waals surface area contributed by atoms with Gasteiger partial charge in [-0.25, -0.2) is 0 Å². The first-order chi connectivity index (χ1) is 27.1. The Morgan fingerprint density at radius 3 is 0.714 bits per heavy atom. The molecule has 4 aromatic carbocycles. The second kappa shape index (κ2) is 14.9. The summed E-state index contributed by atoms with van der Waals surface area (Å²) >= 11 is 54.5. The Kier molecular flexibility index (Phi) is 9.98. The molecule has 9 rings (SSSR count). The van der Waals surface area contributed by atoms with Crippen LogP contribution in [0.15, 0.2) is 121 Å². The molecule has 0 saturated carbocycles. The highest BCUT2D eigenvalue weighted by molar-refractivity contribution is 6.45. The fourth-order valence-corrected chi connectivity index (χ4v) is 8.86. The number of aromatic amines is 4. The van der Waals surface area contributed by atoms with Crippen molar-refractivity contribution in [2.45, 2.75) is 0 Å². The van der Waals surface area contributed by atoms with Crippen LogP contribution >= 0.6 is 92.8 Å². The zero-order valence-corrected chi connectivity index (χ0v) is 34.6. The second-order valence-corrected chi connectivity index (χ2v) is 16.2. The topological polar surface area (TPSA) is 63.2 Å². The van der Waals surface area contributed by atoms with Crippen molar-refractivity contribution in [3.05, 3.63) is 228 Å². The molecule has 0 saturated heterocycles. The molecule has 12 heteroatoms. The minimum Gasteiger partial charge on any atom is -0.354 e. The number of hydrogen-bond acceptors (Lipinski definition) is 0. The van der Waals surface area contributed by atoms with E-state index < -0.39 is 0 Å². The number of fused-ring (bicyclic) bond motifs is 8. The van der Waals surface area contributed by atoms with Gasteiger partial charge in [0.15, 0.2) is 0 Å². The summed E-state index contributed by atoms with van der Waals surface area (Å²) in [7, 11) is 0. The summed E-state index contributed by atoms with van der Waals surface area (Å²) in [5.74, 6) is 0. The molecule has 1 aliphatic heterocycles. The zero-order chi connectivity index (χ0) is 38.8. The lowest BCUT2D eigenvalue weighted by Crippen LogP contribution is -2.19. The molecule has 0 amide bonds. The molecule has 1 aliphatic rings. The molecule has 4 aromatic heterocycles. The van der Waals surface area contributed by atoms with E-state index in [9.17, 15) is 0 Å². The summed E-state index contributed by atoms with van der Waals surface area (Å²) in [6.07, 6.45) is 0. The predicted molar refractivity (Wildman–Crippen MR) is 234 cm³/mol. The first kappa shape index (κ1) is 37.4. The molecule has 8 bridgehead atoms. The van der Waals surface area contributed by atoms with Gasteiger partial charge in [0, 0.05) is 88.7 Å². The Balaban J connectivity index is 1.48. The maximum Gasteiger partial charge on any atom is 0.0672 e. The van der Waals surface area contributed by atoms with Crippen molar-refractivity contribution < 1.29 is 0 Å². The molecular weight excluding hydrogens is 868 g/mol. The van der Waals surface area contributed by atoms with Crippen LogP contribution in [0.3, 0.4) is 0 Å². The number of aromatic nitrogens is 4. The van der Waals surface area contributed by atoms with Gasteiger partial charge in [0.1, 0.15) is 0 Å². The van der Waals surface area contributed by atoms with E-state index in [1.54, 1.807) is 24.3 Å². The largest absolute Gasteiger partial charge is 0.354 e. The summed E-state index contributed by atoms with van der Waals surface area (Å²) in [4.78, 5) is 14.8. The Hall–Kier alpha value is -4.20. The van der Waals surface area contributed by atoms with Gasteiger partial charge in [-0.05, 0) is 72.8 Å². The maximum absolute atomic E-state index is 6.98. The molecular formula is C44H24Cl8N4. The quantitative estimate of drug-likeness (QED) is 0.136. The van der Waals surface area contributed by atoms with Crippen molar-refractivity contribution in [3.63, 3.8) is 0 Å². The highest BCUT2D eigenvalue weighted by Gasteiger charge is 2.22. The van der Waals surface area contributed by atoms with E-state index in [1.165, 1.54) is 0 Å². The molecule has 5 heterocycles. The van der Waals surface area contributed by atoms with Gasteiger partial charge in [-0.15, -0.1) is 0 Å². The van der Waals surface area contributed by atoms with Crippen molar-refractivity contribution in [2.24, 2.45) is 0 Å². The van der Waals surface area contributed by atoms with Crippen LogP contribution in [0.1, 0.15) is 45.0 Å². The van der Waals surface area contributed by atoms with E-state index in [-0.39, 0.29) is 0 Å². The maximum atomic E-state index is 6.98. The number of H-pyrrole nitrogens is 4. The van der Waals surface area contributed by atoms with Crippen LogP contribution in [0, 0.1) is 0 Å². The number of rotatable bonds is 4. The lowest BCUT2D eigenvalue weighted by molar-refractivity contribution is 1.19. The molecule has 0 spiro atoms. The predicted octanol–water partition coefficient (Wildman–Crippen LogP) is 11.5. The van der Waals surface area contributed by atoms with E-state index in [4.69, 9.17) is 92.8 Å². The van der Waals surface area contributed by atoms with Crippen molar-refractivity contribution in [2.75, 3.05) is 0 Å². The summed E-state index contributed by atoms with van der Waals surface area (Å²) in [6.45, 7) is 0.